The number of benzene rings is 1. The summed E-state index contributed by atoms with van der Waals surface area (Å²) in [4.78, 5) is 20.8. The SMILES string of the molecule is COc1ccc(N2CCN(C(=O)c3cnn(-c4cccnc4)c3)CC2)cc1O. The standard InChI is InChI=1S/C20H21N5O3/c1-28-19-5-4-16(11-18(19)26)23-7-9-24(10-8-23)20(27)15-12-22-25(14-15)17-3-2-6-21-13-17/h2-6,11-14,26H,7-10H2,1H3. The zero-order valence-corrected chi connectivity index (χ0v) is 15.5. The number of nitrogens with zero attached hydrogens (tertiary/aromatic N) is 5. The molecule has 1 N–H and O–H groups in total. The minimum absolute atomic E-state index is 0.0348. The van der Waals surface area contributed by atoms with E-state index in [4.69, 9.17) is 4.74 Å². The number of ether oxygens (including phenoxy) is 1. The number of carbonyl (C=O) groups excluding carboxylic acids is 1. The molecule has 1 amide bonds. The van der Waals surface area contributed by atoms with Crippen LogP contribution in [0, 0.1) is 0 Å². The van der Waals surface area contributed by atoms with E-state index in [0.717, 1.165) is 11.4 Å². The molecule has 8 nitrogen and oxygen atoms in total. The second-order valence-electron chi connectivity index (χ2n) is 6.52. The number of piperazine rings is 1. The third kappa shape index (κ3) is 3.48. The Hall–Kier alpha value is -3.55. The smallest absolute Gasteiger partial charge is 0.257 e. The first-order chi connectivity index (χ1) is 13.7. The molecule has 0 unspecified atom stereocenters. The maximum Gasteiger partial charge on any atom is 0.257 e. The summed E-state index contributed by atoms with van der Waals surface area (Å²) >= 11 is 0. The minimum atomic E-state index is -0.0348. The summed E-state index contributed by atoms with van der Waals surface area (Å²) in [5, 5.41) is 14.2. The molecule has 1 fully saturated rings. The van der Waals surface area contributed by atoms with E-state index < -0.39 is 0 Å². The molecule has 0 spiro atoms. The predicted molar refractivity (Wildman–Crippen MR) is 104 cm³/mol. The molecule has 0 saturated carbocycles. The molecule has 0 atom stereocenters. The summed E-state index contributed by atoms with van der Waals surface area (Å²) < 4.78 is 6.73. The fourth-order valence-electron chi connectivity index (χ4n) is 3.29. The van der Waals surface area contributed by atoms with Gasteiger partial charge < -0.3 is 19.6 Å². The molecule has 144 valence electrons. The number of hydrogen-bond acceptors (Lipinski definition) is 6. The van der Waals surface area contributed by atoms with E-state index in [9.17, 15) is 9.90 Å². The van der Waals surface area contributed by atoms with Crippen LogP contribution in [0.2, 0.25) is 0 Å². The highest BCUT2D eigenvalue weighted by Gasteiger charge is 2.24. The Kier molecular flexibility index (Phi) is 4.84. The van der Waals surface area contributed by atoms with Gasteiger partial charge in [0.2, 0.25) is 0 Å². The minimum Gasteiger partial charge on any atom is -0.504 e. The molecule has 3 aromatic rings. The largest absolute Gasteiger partial charge is 0.504 e. The van der Waals surface area contributed by atoms with Gasteiger partial charge in [-0.25, -0.2) is 4.68 Å². The zero-order valence-electron chi connectivity index (χ0n) is 15.5. The quantitative estimate of drug-likeness (QED) is 0.746. The number of methoxy groups -OCH3 is 1. The van der Waals surface area contributed by atoms with Crippen molar-refractivity contribution in [3.63, 3.8) is 0 Å². The maximum absolute atomic E-state index is 12.8. The van der Waals surface area contributed by atoms with E-state index >= 15 is 0 Å². The Bertz CT molecular complexity index is 965. The maximum atomic E-state index is 12.8. The molecule has 0 radical (unpaired) electrons. The van der Waals surface area contributed by atoms with Gasteiger partial charge in [-0.15, -0.1) is 0 Å². The van der Waals surface area contributed by atoms with Crippen LogP contribution < -0.4 is 9.64 Å². The molecule has 1 aliphatic rings. The van der Waals surface area contributed by atoms with Crippen molar-refractivity contribution in [3.8, 4) is 17.2 Å². The lowest BCUT2D eigenvalue weighted by atomic mass is 10.2. The molecule has 28 heavy (non-hydrogen) atoms. The van der Waals surface area contributed by atoms with Crippen LogP contribution in [-0.4, -0.2) is 64.0 Å². The van der Waals surface area contributed by atoms with Gasteiger partial charge in [-0.3, -0.25) is 9.78 Å². The molecular weight excluding hydrogens is 358 g/mol. The van der Waals surface area contributed by atoms with Crippen molar-refractivity contribution in [3.05, 3.63) is 60.7 Å². The topological polar surface area (TPSA) is 83.7 Å². The number of anilines is 1. The predicted octanol–water partition coefficient (Wildman–Crippen LogP) is 1.94. The van der Waals surface area contributed by atoms with Gasteiger partial charge in [-0.1, -0.05) is 0 Å². The van der Waals surface area contributed by atoms with E-state index in [2.05, 4.69) is 15.0 Å². The first-order valence-electron chi connectivity index (χ1n) is 9.02. The van der Waals surface area contributed by atoms with Crippen LogP contribution >= 0.6 is 0 Å². The third-order valence-corrected chi connectivity index (χ3v) is 4.83. The fourth-order valence-corrected chi connectivity index (χ4v) is 3.29. The van der Waals surface area contributed by atoms with Gasteiger partial charge in [0.1, 0.15) is 0 Å². The summed E-state index contributed by atoms with van der Waals surface area (Å²) in [6.07, 6.45) is 6.71. The van der Waals surface area contributed by atoms with E-state index in [1.807, 2.05) is 23.1 Å². The van der Waals surface area contributed by atoms with Crippen LogP contribution in [0.1, 0.15) is 10.4 Å². The zero-order chi connectivity index (χ0) is 19.5. The Balaban J connectivity index is 1.40. The second kappa shape index (κ2) is 7.59. The number of pyridine rings is 1. The number of phenolic OH excluding ortho intramolecular Hbond substituents is 1. The molecule has 1 saturated heterocycles. The van der Waals surface area contributed by atoms with Gasteiger partial charge in [0.25, 0.3) is 5.91 Å². The Morgan fingerprint density at radius 2 is 1.93 bits per heavy atom. The molecule has 8 heteroatoms. The first kappa shape index (κ1) is 17.8. The fraction of sp³-hybridized carbons (Fsp3) is 0.250. The van der Waals surface area contributed by atoms with Crippen molar-refractivity contribution >= 4 is 11.6 Å². The summed E-state index contributed by atoms with van der Waals surface area (Å²) in [7, 11) is 1.52. The summed E-state index contributed by atoms with van der Waals surface area (Å²) in [6.45, 7) is 2.58. The Morgan fingerprint density at radius 1 is 1.11 bits per heavy atom. The summed E-state index contributed by atoms with van der Waals surface area (Å²) in [5.41, 5.74) is 2.28. The average molecular weight is 379 g/mol. The molecule has 0 aliphatic carbocycles. The van der Waals surface area contributed by atoms with E-state index in [1.165, 1.54) is 7.11 Å². The monoisotopic (exact) mass is 379 g/mol. The highest BCUT2D eigenvalue weighted by Crippen LogP contribution is 2.30. The molecular formula is C20H21N5O3. The number of rotatable bonds is 4. The number of aromatic hydroxyl groups is 1. The van der Waals surface area contributed by atoms with Crippen molar-refractivity contribution in [2.45, 2.75) is 0 Å². The second-order valence-corrected chi connectivity index (χ2v) is 6.52. The van der Waals surface area contributed by atoms with Crippen LogP contribution in [0.25, 0.3) is 5.69 Å². The Morgan fingerprint density at radius 3 is 2.61 bits per heavy atom. The lowest BCUT2D eigenvalue weighted by Gasteiger charge is -2.36. The molecule has 3 heterocycles. The van der Waals surface area contributed by atoms with Crippen LogP contribution in [0.5, 0.6) is 11.5 Å². The van der Waals surface area contributed by atoms with Crippen molar-refractivity contribution in [2.75, 3.05) is 38.2 Å². The highest BCUT2D eigenvalue weighted by atomic mass is 16.5. The third-order valence-electron chi connectivity index (χ3n) is 4.83. The van der Waals surface area contributed by atoms with Crippen LogP contribution in [0.3, 0.4) is 0 Å². The number of aromatic nitrogens is 3. The van der Waals surface area contributed by atoms with Crippen molar-refractivity contribution in [1.82, 2.24) is 19.7 Å². The Labute approximate surface area is 162 Å². The van der Waals surface area contributed by atoms with Gasteiger partial charge >= 0.3 is 0 Å². The van der Waals surface area contributed by atoms with Crippen molar-refractivity contribution in [2.24, 2.45) is 0 Å². The molecule has 0 bridgehead atoms. The summed E-state index contributed by atoms with van der Waals surface area (Å²) in [6, 6.07) is 9.06. The van der Waals surface area contributed by atoms with Gasteiger partial charge in [-0.05, 0) is 24.3 Å². The molecule has 2 aromatic heterocycles. The first-order valence-corrected chi connectivity index (χ1v) is 9.02. The van der Waals surface area contributed by atoms with E-state index in [0.29, 0.717) is 37.5 Å². The van der Waals surface area contributed by atoms with Crippen LogP contribution in [0.15, 0.2) is 55.1 Å². The van der Waals surface area contributed by atoms with Gasteiger partial charge in [0.05, 0.1) is 30.8 Å². The lowest BCUT2D eigenvalue weighted by Crippen LogP contribution is -2.48. The number of hydrogen-bond donors (Lipinski definition) is 1. The van der Waals surface area contributed by atoms with Crippen molar-refractivity contribution < 1.29 is 14.6 Å². The van der Waals surface area contributed by atoms with Gasteiger partial charge in [0.15, 0.2) is 11.5 Å². The molecule has 1 aliphatic heterocycles. The van der Waals surface area contributed by atoms with E-state index in [1.54, 1.807) is 41.6 Å². The number of phenols is 1. The van der Waals surface area contributed by atoms with Crippen LogP contribution in [0.4, 0.5) is 5.69 Å². The van der Waals surface area contributed by atoms with Crippen molar-refractivity contribution in [1.29, 1.82) is 0 Å². The molecule has 4 rings (SSSR count). The normalized spacial score (nSPS) is 14.2. The highest BCUT2D eigenvalue weighted by molar-refractivity contribution is 5.94. The van der Waals surface area contributed by atoms with Gasteiger partial charge in [0, 0.05) is 50.3 Å². The number of carbonyl (C=O) groups is 1. The van der Waals surface area contributed by atoms with E-state index in [-0.39, 0.29) is 11.7 Å². The molecule has 1 aromatic carbocycles. The van der Waals surface area contributed by atoms with Crippen LogP contribution in [-0.2, 0) is 0 Å². The average Bonchev–Trinajstić information content (AvgIpc) is 3.24. The summed E-state index contributed by atoms with van der Waals surface area (Å²) in [5.74, 6) is 0.525. The lowest BCUT2D eigenvalue weighted by molar-refractivity contribution is 0.0746. The number of amides is 1. The van der Waals surface area contributed by atoms with Gasteiger partial charge in [-0.2, -0.15) is 5.10 Å².